The van der Waals surface area contributed by atoms with Crippen molar-refractivity contribution in [2.75, 3.05) is 0 Å². The second-order valence-electron chi connectivity index (χ2n) is 5.96. The van der Waals surface area contributed by atoms with E-state index in [0.717, 1.165) is 16.9 Å². The molecule has 0 saturated heterocycles. The first-order valence-corrected chi connectivity index (χ1v) is 8.35. The zero-order valence-corrected chi connectivity index (χ0v) is 13.9. The second-order valence-corrected chi connectivity index (χ2v) is 6.98. The Morgan fingerprint density at radius 1 is 0.708 bits per heavy atom. The summed E-state index contributed by atoms with van der Waals surface area (Å²) in [6, 6.07) is 11.5. The minimum Gasteiger partial charge on any atom is -0.206 e. The van der Waals surface area contributed by atoms with Gasteiger partial charge in [0.1, 0.15) is 17.5 Å². The van der Waals surface area contributed by atoms with Crippen LogP contribution in [0.3, 0.4) is 0 Å². The van der Waals surface area contributed by atoms with Gasteiger partial charge >= 0.3 is 0 Å². The van der Waals surface area contributed by atoms with Crippen molar-refractivity contribution < 1.29 is 13.2 Å². The second kappa shape index (κ2) is 5.35. The van der Waals surface area contributed by atoms with Crippen molar-refractivity contribution in [1.82, 2.24) is 0 Å². The number of hydrogen-bond donors (Lipinski definition) is 0. The van der Waals surface area contributed by atoms with Gasteiger partial charge in [-0.25, -0.2) is 13.2 Å². The SMILES string of the molecule is Cc1ccc(-c2ccc3c(sc4c(F)c(C)ccc43)c2F)c(F)c1. The Kier molecular flexibility index (Phi) is 3.39. The number of rotatable bonds is 1. The molecule has 0 saturated carbocycles. The topological polar surface area (TPSA) is 0 Å². The Labute approximate surface area is 141 Å². The molecule has 0 unspecified atom stereocenters. The third-order valence-electron chi connectivity index (χ3n) is 4.30. The van der Waals surface area contributed by atoms with Crippen LogP contribution in [0, 0.1) is 31.3 Å². The summed E-state index contributed by atoms with van der Waals surface area (Å²) in [7, 11) is 0. The highest BCUT2D eigenvalue weighted by Crippen LogP contribution is 2.40. The molecular formula is C20H13F3S. The molecule has 0 fully saturated rings. The molecule has 3 aromatic carbocycles. The van der Waals surface area contributed by atoms with Crippen LogP contribution >= 0.6 is 11.3 Å². The summed E-state index contributed by atoms with van der Waals surface area (Å²) < 4.78 is 44.4. The molecule has 120 valence electrons. The van der Waals surface area contributed by atoms with Gasteiger partial charge in [0.15, 0.2) is 0 Å². The molecular weight excluding hydrogens is 329 g/mol. The lowest BCUT2D eigenvalue weighted by atomic mass is 10.0. The Balaban J connectivity index is 2.05. The lowest BCUT2D eigenvalue weighted by Gasteiger charge is -2.07. The van der Waals surface area contributed by atoms with Crippen LogP contribution in [0.15, 0.2) is 42.5 Å². The van der Waals surface area contributed by atoms with E-state index >= 15 is 4.39 Å². The van der Waals surface area contributed by atoms with Crippen LogP contribution in [-0.4, -0.2) is 0 Å². The van der Waals surface area contributed by atoms with Crippen molar-refractivity contribution in [1.29, 1.82) is 0 Å². The Morgan fingerprint density at radius 3 is 2.04 bits per heavy atom. The average Bonchev–Trinajstić information content (AvgIpc) is 2.93. The van der Waals surface area contributed by atoms with Crippen molar-refractivity contribution >= 4 is 31.5 Å². The standard InChI is InChI=1S/C20H13F3S/c1-10-3-5-12(16(21)9-10)13-7-8-15-14-6-4-11(2)17(22)19(14)24-20(15)18(13)23/h3-9H,1-2H3. The summed E-state index contributed by atoms with van der Waals surface area (Å²) in [5.41, 5.74) is 1.72. The summed E-state index contributed by atoms with van der Waals surface area (Å²) >= 11 is 1.07. The minimum atomic E-state index is -0.506. The number of halogens is 3. The molecule has 1 aromatic heterocycles. The van der Waals surface area contributed by atoms with E-state index in [2.05, 4.69) is 0 Å². The number of fused-ring (bicyclic) bond motifs is 3. The summed E-state index contributed by atoms with van der Waals surface area (Å²) in [6.07, 6.45) is 0. The molecule has 0 amide bonds. The predicted molar refractivity (Wildman–Crippen MR) is 94.1 cm³/mol. The monoisotopic (exact) mass is 342 g/mol. The molecule has 0 aliphatic rings. The number of thiophene rings is 1. The number of hydrogen-bond acceptors (Lipinski definition) is 1. The van der Waals surface area contributed by atoms with Crippen LogP contribution in [0.2, 0.25) is 0 Å². The highest BCUT2D eigenvalue weighted by Gasteiger charge is 2.18. The van der Waals surface area contributed by atoms with E-state index in [1.807, 2.05) is 0 Å². The third kappa shape index (κ3) is 2.13. The van der Waals surface area contributed by atoms with Gasteiger partial charge < -0.3 is 0 Å². The van der Waals surface area contributed by atoms with Gasteiger partial charge in [-0.05, 0) is 31.0 Å². The molecule has 0 nitrogen and oxygen atoms in total. The summed E-state index contributed by atoms with van der Waals surface area (Å²) in [5, 5.41) is 1.34. The fourth-order valence-corrected chi connectivity index (χ4v) is 4.21. The van der Waals surface area contributed by atoms with E-state index in [1.165, 1.54) is 6.07 Å². The highest BCUT2D eigenvalue weighted by atomic mass is 32.1. The lowest BCUT2D eigenvalue weighted by molar-refractivity contribution is 0.621. The first-order chi connectivity index (χ1) is 11.5. The molecule has 0 bridgehead atoms. The third-order valence-corrected chi connectivity index (χ3v) is 5.50. The number of aryl methyl sites for hydroxylation is 2. The molecule has 1 heterocycles. The first-order valence-electron chi connectivity index (χ1n) is 7.53. The molecule has 4 rings (SSSR count). The Bertz CT molecular complexity index is 1110. The zero-order valence-electron chi connectivity index (χ0n) is 13.1. The van der Waals surface area contributed by atoms with Crippen LogP contribution in [0.4, 0.5) is 13.2 Å². The van der Waals surface area contributed by atoms with Gasteiger partial charge in [-0.3, -0.25) is 0 Å². The van der Waals surface area contributed by atoms with Gasteiger partial charge in [0.05, 0.1) is 9.40 Å². The average molecular weight is 342 g/mol. The highest BCUT2D eigenvalue weighted by molar-refractivity contribution is 7.25. The predicted octanol–water partition coefficient (Wildman–Crippen LogP) is 6.76. The molecule has 0 spiro atoms. The smallest absolute Gasteiger partial charge is 0.148 e. The van der Waals surface area contributed by atoms with E-state index in [4.69, 9.17) is 0 Å². The molecule has 0 aliphatic heterocycles. The fourth-order valence-electron chi connectivity index (χ4n) is 2.98. The molecule has 4 aromatic rings. The maximum atomic E-state index is 15.0. The van der Waals surface area contributed by atoms with Gasteiger partial charge in [0.25, 0.3) is 0 Å². The van der Waals surface area contributed by atoms with Crippen molar-refractivity contribution in [3.8, 4) is 11.1 Å². The van der Waals surface area contributed by atoms with Crippen LogP contribution in [0.25, 0.3) is 31.3 Å². The van der Waals surface area contributed by atoms with Crippen LogP contribution in [0.5, 0.6) is 0 Å². The molecule has 0 atom stereocenters. The van der Waals surface area contributed by atoms with Crippen LogP contribution < -0.4 is 0 Å². The molecule has 0 N–H and O–H groups in total. The molecule has 0 radical (unpaired) electrons. The van der Waals surface area contributed by atoms with Gasteiger partial charge in [0.2, 0.25) is 0 Å². The maximum Gasteiger partial charge on any atom is 0.148 e. The van der Waals surface area contributed by atoms with Crippen molar-refractivity contribution in [3.05, 3.63) is 71.0 Å². The zero-order chi connectivity index (χ0) is 17.0. The molecule has 4 heteroatoms. The summed E-state index contributed by atoms with van der Waals surface area (Å²) in [4.78, 5) is 0. The Hall–Kier alpha value is -2.33. The summed E-state index contributed by atoms with van der Waals surface area (Å²) in [6.45, 7) is 3.46. The minimum absolute atomic E-state index is 0.198. The normalized spacial score (nSPS) is 11.5. The van der Waals surface area contributed by atoms with Crippen LogP contribution in [0.1, 0.15) is 11.1 Å². The van der Waals surface area contributed by atoms with Crippen molar-refractivity contribution in [2.45, 2.75) is 13.8 Å². The number of benzene rings is 3. The largest absolute Gasteiger partial charge is 0.206 e. The van der Waals surface area contributed by atoms with Crippen LogP contribution in [-0.2, 0) is 0 Å². The summed E-state index contributed by atoms with van der Waals surface area (Å²) in [5.74, 6) is -1.29. The van der Waals surface area contributed by atoms with Gasteiger partial charge in [-0.1, -0.05) is 36.4 Å². The van der Waals surface area contributed by atoms with E-state index in [0.29, 0.717) is 25.7 Å². The van der Waals surface area contributed by atoms with Gasteiger partial charge in [-0.15, -0.1) is 11.3 Å². The van der Waals surface area contributed by atoms with Crippen molar-refractivity contribution in [3.63, 3.8) is 0 Å². The quantitative estimate of drug-likeness (QED) is 0.359. The lowest BCUT2D eigenvalue weighted by Crippen LogP contribution is -1.89. The Morgan fingerprint density at radius 2 is 1.33 bits per heavy atom. The first kappa shape index (κ1) is 15.2. The van der Waals surface area contributed by atoms with Gasteiger partial charge in [-0.2, -0.15) is 0 Å². The molecule has 0 aliphatic carbocycles. The van der Waals surface area contributed by atoms with Crippen molar-refractivity contribution in [2.24, 2.45) is 0 Å². The molecule has 24 heavy (non-hydrogen) atoms. The maximum absolute atomic E-state index is 15.0. The van der Waals surface area contributed by atoms with E-state index in [-0.39, 0.29) is 16.9 Å². The fraction of sp³-hybridized carbons (Fsp3) is 0.100. The van der Waals surface area contributed by atoms with E-state index < -0.39 is 11.6 Å². The van der Waals surface area contributed by atoms with Gasteiger partial charge in [0, 0.05) is 21.9 Å². The van der Waals surface area contributed by atoms with E-state index in [9.17, 15) is 8.78 Å². The van der Waals surface area contributed by atoms with E-state index in [1.54, 1.807) is 50.2 Å².